The van der Waals surface area contributed by atoms with Gasteiger partial charge < -0.3 is 4.65 Å². The topological polar surface area (TPSA) is 27.1 Å². The molecule has 0 aliphatic heterocycles. The summed E-state index contributed by atoms with van der Waals surface area (Å²) in [4.78, 5) is 0. The third-order valence-corrected chi connectivity index (χ3v) is 3.87. The molecule has 0 saturated carbocycles. The Morgan fingerprint density at radius 1 is 1.38 bits per heavy atom. The molecular weight excluding hydrogens is 199 g/mol. The molecule has 16 heavy (non-hydrogen) atoms. The molecule has 1 aromatic heterocycles. The van der Waals surface area contributed by atoms with E-state index in [-0.39, 0.29) is 11.0 Å². The fourth-order valence-electron chi connectivity index (χ4n) is 1.43. The van der Waals surface area contributed by atoms with E-state index in [0.29, 0.717) is 7.48 Å². The van der Waals surface area contributed by atoms with Crippen molar-refractivity contribution in [2.75, 3.05) is 0 Å². The van der Waals surface area contributed by atoms with Crippen LogP contribution in [0.2, 0.25) is 0 Å². The maximum atomic E-state index is 6.03. The van der Waals surface area contributed by atoms with Crippen molar-refractivity contribution in [1.82, 2.24) is 9.78 Å². The van der Waals surface area contributed by atoms with Gasteiger partial charge in [0.1, 0.15) is 0 Å². The van der Waals surface area contributed by atoms with Crippen molar-refractivity contribution >= 4 is 12.9 Å². The second-order valence-electron chi connectivity index (χ2n) is 5.56. The van der Waals surface area contributed by atoms with Gasteiger partial charge in [0.2, 0.25) is 0 Å². The van der Waals surface area contributed by atoms with Gasteiger partial charge in [-0.15, -0.1) is 0 Å². The first kappa shape index (κ1) is 13.3. The van der Waals surface area contributed by atoms with Gasteiger partial charge in [0.25, 0.3) is 0 Å². The summed E-state index contributed by atoms with van der Waals surface area (Å²) in [6.07, 6.45) is 4.96. The van der Waals surface area contributed by atoms with Crippen LogP contribution in [-0.4, -0.2) is 22.9 Å². The van der Waals surface area contributed by atoms with Crippen LogP contribution in [0.25, 0.3) is 0 Å². The normalized spacial score (nSPS) is 12.9. The summed E-state index contributed by atoms with van der Waals surface area (Å²) in [6, 6.07) is 0. The molecule has 4 heteroatoms. The highest BCUT2D eigenvalue weighted by Crippen LogP contribution is 2.36. The second kappa shape index (κ2) is 4.62. The molecule has 0 aliphatic carbocycles. The molecule has 0 radical (unpaired) electrons. The van der Waals surface area contributed by atoms with E-state index < -0.39 is 0 Å². The van der Waals surface area contributed by atoms with Crippen LogP contribution in [0.1, 0.15) is 41.0 Å². The minimum absolute atomic E-state index is 0.127. The quantitative estimate of drug-likeness (QED) is 0.708. The highest BCUT2D eigenvalue weighted by Gasteiger charge is 2.35. The summed E-state index contributed by atoms with van der Waals surface area (Å²) < 4.78 is 7.83. The monoisotopic (exact) mass is 222 g/mol. The van der Waals surface area contributed by atoms with Crippen LogP contribution >= 0.6 is 0 Å². The Labute approximate surface area is 99.5 Å². The number of aryl methyl sites for hydroxylation is 1. The van der Waals surface area contributed by atoms with Crippen LogP contribution in [0.5, 0.6) is 0 Å². The lowest BCUT2D eigenvalue weighted by Gasteiger charge is -2.41. The average molecular weight is 222 g/mol. The molecule has 0 atom stereocenters. The number of rotatable bonds is 5. The lowest BCUT2D eigenvalue weighted by molar-refractivity contribution is -0.00927. The number of hydrogen-bond acceptors (Lipinski definition) is 2. The Balaban J connectivity index is 2.60. The Morgan fingerprint density at radius 3 is 2.44 bits per heavy atom. The van der Waals surface area contributed by atoms with E-state index in [2.05, 4.69) is 39.7 Å². The molecule has 1 aromatic rings. The zero-order valence-electron chi connectivity index (χ0n) is 11.4. The van der Waals surface area contributed by atoms with E-state index in [4.69, 9.17) is 4.65 Å². The highest BCUT2D eigenvalue weighted by molar-refractivity contribution is 6.46. The van der Waals surface area contributed by atoms with Crippen LogP contribution in [-0.2, 0) is 11.7 Å². The Kier molecular flexibility index (Phi) is 3.84. The molecule has 0 amide bonds. The summed E-state index contributed by atoms with van der Waals surface area (Å²) in [5, 5.41) is 4.14. The molecule has 1 rings (SSSR count). The molecule has 1 heterocycles. The van der Waals surface area contributed by atoms with E-state index in [9.17, 15) is 0 Å². The van der Waals surface area contributed by atoms with Crippen LogP contribution in [0.15, 0.2) is 12.4 Å². The van der Waals surface area contributed by atoms with Gasteiger partial charge in [0.15, 0.2) is 0 Å². The molecule has 3 nitrogen and oxygen atoms in total. The van der Waals surface area contributed by atoms with Gasteiger partial charge in [-0.3, -0.25) is 4.68 Å². The van der Waals surface area contributed by atoms with Gasteiger partial charge in [-0.2, -0.15) is 5.10 Å². The third-order valence-electron chi connectivity index (χ3n) is 3.87. The molecule has 90 valence electrons. The summed E-state index contributed by atoms with van der Waals surface area (Å²) in [5.41, 5.74) is 1.18. The molecule has 0 bridgehead atoms. The minimum atomic E-state index is -0.127. The molecule has 0 aromatic carbocycles. The fourth-order valence-corrected chi connectivity index (χ4v) is 1.43. The SMILES string of the molecule is CCC(C)(C)C(C)(C)OBc1cnn(C)c1. The second-order valence-corrected chi connectivity index (χ2v) is 5.56. The van der Waals surface area contributed by atoms with Gasteiger partial charge in [-0.25, -0.2) is 0 Å². The van der Waals surface area contributed by atoms with E-state index in [1.165, 1.54) is 0 Å². The highest BCUT2D eigenvalue weighted by atomic mass is 16.5. The van der Waals surface area contributed by atoms with Crippen molar-refractivity contribution in [1.29, 1.82) is 0 Å². The molecule has 0 fully saturated rings. The first-order valence-electron chi connectivity index (χ1n) is 5.90. The summed E-state index contributed by atoms with van der Waals surface area (Å²) in [7, 11) is 2.55. The van der Waals surface area contributed by atoms with Crippen molar-refractivity contribution in [2.45, 2.75) is 46.6 Å². The van der Waals surface area contributed by atoms with Crippen molar-refractivity contribution in [2.24, 2.45) is 12.5 Å². The van der Waals surface area contributed by atoms with Crippen LogP contribution < -0.4 is 5.46 Å². The number of aromatic nitrogens is 2. The van der Waals surface area contributed by atoms with Crippen molar-refractivity contribution in [3.8, 4) is 0 Å². The van der Waals surface area contributed by atoms with E-state index in [0.717, 1.165) is 11.9 Å². The lowest BCUT2D eigenvalue weighted by Crippen LogP contribution is -2.43. The van der Waals surface area contributed by atoms with Gasteiger partial charge in [-0.1, -0.05) is 20.8 Å². The standard InChI is InChI=1S/C12H23BN2O/c1-7-11(2,3)12(4,5)16-13-10-8-14-15(6)9-10/h8-9,13H,7H2,1-6H3. The molecular formula is C12H23BN2O. The summed E-state index contributed by atoms with van der Waals surface area (Å²) in [5.74, 6) is 0. The molecule has 0 spiro atoms. The Hall–Kier alpha value is -0.765. The van der Waals surface area contributed by atoms with E-state index in [1.54, 1.807) is 4.68 Å². The van der Waals surface area contributed by atoms with Crippen LogP contribution in [0.4, 0.5) is 0 Å². The predicted octanol–water partition coefficient (Wildman–Crippen LogP) is 1.63. The maximum absolute atomic E-state index is 6.03. The zero-order chi connectivity index (χ0) is 12.4. The van der Waals surface area contributed by atoms with Crippen molar-refractivity contribution in [3.63, 3.8) is 0 Å². The third kappa shape index (κ3) is 2.88. The molecule has 0 unspecified atom stereocenters. The molecule has 0 aliphatic rings. The largest absolute Gasteiger partial charge is 0.429 e. The van der Waals surface area contributed by atoms with Crippen molar-refractivity contribution < 1.29 is 4.65 Å². The van der Waals surface area contributed by atoms with Gasteiger partial charge in [0.05, 0.1) is 5.60 Å². The fraction of sp³-hybridized carbons (Fsp3) is 0.750. The van der Waals surface area contributed by atoms with Gasteiger partial charge in [-0.05, 0) is 31.1 Å². The maximum Gasteiger partial charge on any atom is 0.312 e. The number of hydrogen-bond donors (Lipinski definition) is 0. The van der Waals surface area contributed by atoms with E-state index in [1.807, 2.05) is 19.4 Å². The molecule has 0 N–H and O–H groups in total. The summed E-state index contributed by atoms with van der Waals surface area (Å²) >= 11 is 0. The zero-order valence-corrected chi connectivity index (χ0v) is 11.4. The molecule has 0 saturated heterocycles. The first-order valence-corrected chi connectivity index (χ1v) is 5.90. The first-order chi connectivity index (χ1) is 7.28. The minimum Gasteiger partial charge on any atom is -0.429 e. The Bertz CT molecular complexity index is 345. The van der Waals surface area contributed by atoms with Crippen LogP contribution in [0, 0.1) is 5.41 Å². The Morgan fingerprint density at radius 2 is 2.00 bits per heavy atom. The predicted molar refractivity (Wildman–Crippen MR) is 69.2 cm³/mol. The van der Waals surface area contributed by atoms with Crippen LogP contribution in [0.3, 0.4) is 0 Å². The van der Waals surface area contributed by atoms with Gasteiger partial charge in [0, 0.05) is 19.4 Å². The van der Waals surface area contributed by atoms with E-state index >= 15 is 0 Å². The smallest absolute Gasteiger partial charge is 0.312 e. The van der Waals surface area contributed by atoms with Gasteiger partial charge >= 0.3 is 7.48 Å². The summed E-state index contributed by atoms with van der Waals surface area (Å²) in [6.45, 7) is 11.0. The van der Waals surface area contributed by atoms with Crippen molar-refractivity contribution in [3.05, 3.63) is 12.4 Å². The number of nitrogens with zero attached hydrogens (tertiary/aromatic N) is 2. The average Bonchev–Trinajstić information content (AvgIpc) is 2.61. The lowest BCUT2D eigenvalue weighted by atomic mass is 9.73.